The van der Waals surface area contributed by atoms with Crippen molar-refractivity contribution in [3.63, 3.8) is 0 Å². The molecule has 3 N–H and O–H groups in total. The van der Waals surface area contributed by atoms with Crippen molar-refractivity contribution < 1.29 is 9.90 Å². The van der Waals surface area contributed by atoms with Crippen LogP contribution in [0.15, 0.2) is 0 Å². The van der Waals surface area contributed by atoms with E-state index in [9.17, 15) is 4.79 Å². The van der Waals surface area contributed by atoms with Crippen molar-refractivity contribution >= 4 is 5.91 Å². The molecule has 0 heterocycles. The van der Waals surface area contributed by atoms with Crippen LogP contribution in [0.1, 0.15) is 20.8 Å². The molecule has 0 aliphatic carbocycles. The van der Waals surface area contributed by atoms with Gasteiger partial charge in [0, 0.05) is 13.6 Å². The SMILES string of the molecule is CC(O)CN(C)C(=O)[C@@H](N)C(C)C. The smallest absolute Gasteiger partial charge is 0.239 e. The largest absolute Gasteiger partial charge is 0.392 e. The summed E-state index contributed by atoms with van der Waals surface area (Å²) < 4.78 is 0. The van der Waals surface area contributed by atoms with E-state index in [1.54, 1.807) is 14.0 Å². The summed E-state index contributed by atoms with van der Waals surface area (Å²) in [5.74, 6) is 0.0137. The van der Waals surface area contributed by atoms with Gasteiger partial charge in [-0.05, 0) is 12.8 Å². The van der Waals surface area contributed by atoms with E-state index in [1.807, 2.05) is 13.8 Å². The van der Waals surface area contributed by atoms with Crippen LogP contribution < -0.4 is 5.73 Å². The number of nitrogens with zero attached hydrogens (tertiary/aromatic N) is 1. The number of nitrogens with two attached hydrogens (primary N) is 1. The molecule has 0 rings (SSSR count). The maximum Gasteiger partial charge on any atom is 0.239 e. The van der Waals surface area contributed by atoms with Gasteiger partial charge >= 0.3 is 0 Å². The van der Waals surface area contributed by atoms with Crippen LogP contribution in [0.4, 0.5) is 0 Å². The molecule has 0 radical (unpaired) electrons. The molecule has 1 unspecified atom stereocenters. The van der Waals surface area contributed by atoms with E-state index < -0.39 is 12.1 Å². The number of carbonyl (C=O) groups excluding carboxylic acids is 1. The van der Waals surface area contributed by atoms with Gasteiger partial charge in [-0.15, -0.1) is 0 Å². The topological polar surface area (TPSA) is 66.6 Å². The maximum absolute atomic E-state index is 11.5. The molecule has 1 amide bonds. The molecule has 0 fully saturated rings. The van der Waals surface area contributed by atoms with Crippen LogP contribution in [0.25, 0.3) is 0 Å². The highest BCUT2D eigenvalue weighted by molar-refractivity contribution is 5.81. The highest BCUT2D eigenvalue weighted by Gasteiger charge is 2.21. The van der Waals surface area contributed by atoms with Gasteiger partial charge in [0.05, 0.1) is 12.1 Å². The molecule has 78 valence electrons. The lowest BCUT2D eigenvalue weighted by molar-refractivity contribution is -0.133. The van der Waals surface area contributed by atoms with Gasteiger partial charge in [-0.1, -0.05) is 13.8 Å². The minimum atomic E-state index is -0.506. The number of amides is 1. The summed E-state index contributed by atoms with van der Waals surface area (Å²) in [7, 11) is 1.65. The highest BCUT2D eigenvalue weighted by atomic mass is 16.3. The molecule has 0 spiro atoms. The molecule has 0 aliphatic rings. The van der Waals surface area contributed by atoms with Gasteiger partial charge in [0.2, 0.25) is 5.91 Å². The number of hydrogen-bond acceptors (Lipinski definition) is 3. The summed E-state index contributed by atoms with van der Waals surface area (Å²) in [4.78, 5) is 13.0. The maximum atomic E-state index is 11.5. The molecule has 4 heteroatoms. The van der Waals surface area contributed by atoms with Crippen molar-refractivity contribution in [3.8, 4) is 0 Å². The molecule has 0 aromatic carbocycles. The number of aliphatic hydroxyl groups excluding tert-OH is 1. The minimum Gasteiger partial charge on any atom is -0.392 e. The normalized spacial score (nSPS) is 15.6. The van der Waals surface area contributed by atoms with Crippen LogP contribution in [0.3, 0.4) is 0 Å². The fourth-order valence-corrected chi connectivity index (χ4v) is 1.03. The van der Waals surface area contributed by atoms with Crippen LogP contribution in [0.5, 0.6) is 0 Å². The first-order valence-corrected chi connectivity index (χ1v) is 4.55. The molecule has 13 heavy (non-hydrogen) atoms. The first kappa shape index (κ1) is 12.4. The molecule has 0 aromatic heterocycles. The molecule has 0 bridgehead atoms. The zero-order valence-electron chi connectivity index (χ0n) is 8.82. The second-order valence-electron chi connectivity index (χ2n) is 3.84. The lowest BCUT2D eigenvalue weighted by Crippen LogP contribution is -2.46. The summed E-state index contributed by atoms with van der Waals surface area (Å²) >= 11 is 0. The van der Waals surface area contributed by atoms with E-state index in [4.69, 9.17) is 10.8 Å². The van der Waals surface area contributed by atoms with E-state index in [1.165, 1.54) is 4.90 Å². The lowest BCUT2D eigenvalue weighted by Gasteiger charge is -2.24. The summed E-state index contributed by atoms with van der Waals surface area (Å²) in [5.41, 5.74) is 5.66. The molecule has 0 saturated heterocycles. The first-order valence-electron chi connectivity index (χ1n) is 4.55. The number of carbonyl (C=O) groups is 1. The third kappa shape index (κ3) is 4.24. The summed E-state index contributed by atoms with van der Waals surface area (Å²) in [6.07, 6.45) is -0.506. The van der Waals surface area contributed by atoms with E-state index in [0.29, 0.717) is 6.54 Å². The summed E-state index contributed by atoms with van der Waals surface area (Å²) in [6.45, 7) is 5.78. The van der Waals surface area contributed by atoms with Gasteiger partial charge < -0.3 is 15.7 Å². The highest BCUT2D eigenvalue weighted by Crippen LogP contribution is 2.02. The Morgan fingerprint density at radius 3 is 2.23 bits per heavy atom. The summed E-state index contributed by atoms with van der Waals surface area (Å²) in [5, 5.41) is 9.06. The van der Waals surface area contributed by atoms with Gasteiger partial charge in [0.1, 0.15) is 0 Å². The second-order valence-corrected chi connectivity index (χ2v) is 3.84. The van der Waals surface area contributed by atoms with Crippen LogP contribution in [-0.4, -0.2) is 41.7 Å². The molecule has 4 nitrogen and oxygen atoms in total. The van der Waals surface area contributed by atoms with Gasteiger partial charge in [0.25, 0.3) is 0 Å². The number of rotatable bonds is 4. The minimum absolute atomic E-state index is 0.115. The van der Waals surface area contributed by atoms with Gasteiger partial charge in [-0.2, -0.15) is 0 Å². The third-order valence-electron chi connectivity index (χ3n) is 1.92. The molecule has 0 saturated carbocycles. The summed E-state index contributed by atoms with van der Waals surface area (Å²) in [6, 6.07) is -0.469. The van der Waals surface area contributed by atoms with Gasteiger partial charge in [0.15, 0.2) is 0 Å². The van der Waals surface area contributed by atoms with Gasteiger partial charge in [-0.25, -0.2) is 0 Å². The Labute approximate surface area is 79.7 Å². The predicted molar refractivity (Wildman–Crippen MR) is 52.1 cm³/mol. The van der Waals surface area contributed by atoms with Crippen LogP contribution in [0, 0.1) is 5.92 Å². The third-order valence-corrected chi connectivity index (χ3v) is 1.92. The quantitative estimate of drug-likeness (QED) is 0.642. The van der Waals surface area contributed by atoms with Crippen LogP contribution in [-0.2, 0) is 4.79 Å². The zero-order chi connectivity index (χ0) is 10.6. The van der Waals surface area contributed by atoms with E-state index in [2.05, 4.69) is 0 Å². The fraction of sp³-hybridized carbons (Fsp3) is 0.889. The van der Waals surface area contributed by atoms with Crippen molar-refractivity contribution in [1.29, 1.82) is 0 Å². The average molecular weight is 188 g/mol. The van der Waals surface area contributed by atoms with Crippen molar-refractivity contribution in [2.45, 2.75) is 32.9 Å². The van der Waals surface area contributed by atoms with Crippen molar-refractivity contribution in [1.82, 2.24) is 4.90 Å². The Morgan fingerprint density at radius 2 is 1.92 bits per heavy atom. The number of hydrogen-bond donors (Lipinski definition) is 2. The molecular formula is C9H20N2O2. The Bertz CT molecular complexity index is 169. The Kier molecular flexibility index (Phi) is 4.95. The lowest BCUT2D eigenvalue weighted by atomic mass is 10.0. The molecule has 0 aromatic rings. The van der Waals surface area contributed by atoms with Crippen LogP contribution in [0.2, 0.25) is 0 Å². The molecule has 0 aliphatic heterocycles. The molecule has 2 atom stereocenters. The predicted octanol–water partition coefficient (Wildman–Crippen LogP) is -0.191. The molecular weight excluding hydrogens is 168 g/mol. The zero-order valence-corrected chi connectivity index (χ0v) is 8.82. The van der Waals surface area contributed by atoms with E-state index in [0.717, 1.165) is 0 Å². The van der Waals surface area contributed by atoms with Gasteiger partial charge in [-0.3, -0.25) is 4.79 Å². The number of aliphatic hydroxyl groups is 1. The Hall–Kier alpha value is -0.610. The average Bonchev–Trinajstić information content (AvgIpc) is 2.00. The van der Waals surface area contributed by atoms with Crippen LogP contribution >= 0.6 is 0 Å². The monoisotopic (exact) mass is 188 g/mol. The Balaban J connectivity index is 4.09. The fourth-order valence-electron chi connectivity index (χ4n) is 1.03. The van der Waals surface area contributed by atoms with Crippen molar-refractivity contribution in [2.24, 2.45) is 11.7 Å². The standard InChI is InChI=1S/C9H20N2O2/c1-6(2)8(10)9(13)11(4)5-7(3)12/h6-8,12H,5,10H2,1-4H3/t7?,8-/m0/s1. The second kappa shape index (κ2) is 5.19. The van der Waals surface area contributed by atoms with Crippen molar-refractivity contribution in [3.05, 3.63) is 0 Å². The van der Waals surface area contributed by atoms with E-state index >= 15 is 0 Å². The first-order chi connectivity index (χ1) is 5.86. The Morgan fingerprint density at radius 1 is 1.46 bits per heavy atom. The number of likely N-dealkylation sites (N-methyl/N-ethyl adjacent to an activating group) is 1. The van der Waals surface area contributed by atoms with Crippen molar-refractivity contribution in [2.75, 3.05) is 13.6 Å². The van der Waals surface area contributed by atoms with E-state index in [-0.39, 0.29) is 11.8 Å².